The molecule has 13 heteroatoms. The van der Waals surface area contributed by atoms with Crippen LogP contribution in [0.25, 0.3) is 0 Å². The average molecular weight is 929 g/mol. The number of rotatable bonds is 55. The molecule has 13 nitrogen and oxygen atoms in total. The zero-order chi connectivity index (χ0) is 46.5. The number of aryl methyl sites for hydroxylation is 1. The quantitative estimate of drug-likeness (QED) is 0.0455. The maximum absolute atomic E-state index is 11.9. The summed E-state index contributed by atoms with van der Waals surface area (Å²) in [4.78, 5) is 11.9. The Morgan fingerprint density at radius 3 is 0.938 bits per heavy atom. The van der Waals surface area contributed by atoms with E-state index in [9.17, 15) is 4.79 Å². The highest BCUT2D eigenvalue weighted by Crippen LogP contribution is 2.16. The monoisotopic (exact) mass is 929 g/mol. The molecule has 0 aliphatic rings. The number of ether oxygens (including phenoxy) is 12. The van der Waals surface area contributed by atoms with E-state index < -0.39 is 0 Å². The average Bonchev–Trinajstić information content (AvgIpc) is 3.32. The van der Waals surface area contributed by atoms with Crippen LogP contribution in [0.1, 0.15) is 148 Å². The van der Waals surface area contributed by atoms with Crippen molar-refractivity contribution < 1.29 is 61.6 Å². The standard InChI is InChI=1S/C52H96O13/c1-3-5-7-9-11-12-13-14-15-16-17-19-21-23-52(53)65-49-47-63-45-43-61-41-39-59-37-35-57-33-31-55-29-28-54-30-32-56-34-36-58-38-40-60-42-44-62-46-48-64-51-26-24-50(25-27-51)22-20-18-10-8-6-4-2/h24-27H,3-23,28-49H2,1-2H3. The first-order valence-corrected chi connectivity index (χ1v) is 25.9. The van der Waals surface area contributed by atoms with Gasteiger partial charge in [-0.05, 0) is 37.0 Å². The third-order valence-electron chi connectivity index (χ3n) is 10.6. The van der Waals surface area contributed by atoms with Crippen molar-refractivity contribution in [2.45, 2.75) is 149 Å². The number of carbonyl (C=O) groups excluding carboxylic acids is 1. The van der Waals surface area contributed by atoms with E-state index in [0.29, 0.717) is 145 Å². The van der Waals surface area contributed by atoms with Crippen molar-refractivity contribution in [3.63, 3.8) is 0 Å². The first kappa shape index (κ1) is 61.1. The molecule has 0 radical (unpaired) electrons. The zero-order valence-corrected chi connectivity index (χ0v) is 41.5. The Hall–Kier alpha value is -1.91. The first-order chi connectivity index (χ1) is 32.3. The van der Waals surface area contributed by atoms with Crippen LogP contribution in [0.2, 0.25) is 0 Å². The summed E-state index contributed by atoms with van der Waals surface area (Å²) < 4.78 is 66.4. The van der Waals surface area contributed by atoms with Crippen molar-refractivity contribution in [3.05, 3.63) is 29.8 Å². The van der Waals surface area contributed by atoms with E-state index in [1.807, 2.05) is 0 Å². The molecular weight excluding hydrogens is 833 g/mol. The van der Waals surface area contributed by atoms with Gasteiger partial charge in [-0.15, -0.1) is 0 Å². The molecule has 0 spiro atoms. The van der Waals surface area contributed by atoms with Crippen LogP contribution in [0, 0.1) is 0 Å². The highest BCUT2D eigenvalue weighted by atomic mass is 16.6. The molecule has 1 aromatic rings. The Bertz CT molecular complexity index is 1060. The van der Waals surface area contributed by atoms with Crippen LogP contribution >= 0.6 is 0 Å². The molecule has 65 heavy (non-hydrogen) atoms. The molecule has 0 unspecified atom stereocenters. The lowest BCUT2D eigenvalue weighted by Crippen LogP contribution is -2.15. The molecule has 0 aromatic heterocycles. The van der Waals surface area contributed by atoms with Gasteiger partial charge in [-0.3, -0.25) is 4.79 Å². The fourth-order valence-electron chi connectivity index (χ4n) is 6.74. The summed E-state index contributed by atoms with van der Waals surface area (Å²) in [6, 6.07) is 8.44. The summed E-state index contributed by atoms with van der Waals surface area (Å²) in [7, 11) is 0. The Balaban J connectivity index is 1.66. The van der Waals surface area contributed by atoms with Crippen LogP contribution in [-0.2, 0) is 63.3 Å². The van der Waals surface area contributed by atoms with E-state index in [1.54, 1.807) is 0 Å². The molecular formula is C52H96O13. The maximum atomic E-state index is 11.9. The highest BCUT2D eigenvalue weighted by Gasteiger charge is 2.04. The van der Waals surface area contributed by atoms with E-state index in [4.69, 9.17) is 56.8 Å². The summed E-state index contributed by atoms with van der Waals surface area (Å²) in [6.07, 6.45) is 26.4. The fraction of sp³-hybridized carbons (Fsp3) is 0.865. The van der Waals surface area contributed by atoms with Gasteiger partial charge in [-0.1, -0.05) is 135 Å². The second-order valence-electron chi connectivity index (χ2n) is 16.3. The van der Waals surface area contributed by atoms with Crippen LogP contribution in [-0.4, -0.2) is 151 Å². The Morgan fingerprint density at radius 2 is 0.600 bits per heavy atom. The van der Waals surface area contributed by atoms with Gasteiger partial charge in [0.1, 0.15) is 19.0 Å². The van der Waals surface area contributed by atoms with E-state index in [-0.39, 0.29) is 12.6 Å². The minimum atomic E-state index is -0.132. The van der Waals surface area contributed by atoms with Gasteiger partial charge in [0.2, 0.25) is 0 Å². The predicted molar refractivity (Wildman–Crippen MR) is 258 cm³/mol. The molecule has 1 aromatic carbocycles. The van der Waals surface area contributed by atoms with Crippen LogP contribution in [0.5, 0.6) is 5.75 Å². The van der Waals surface area contributed by atoms with Gasteiger partial charge in [-0.2, -0.15) is 0 Å². The Kier molecular flexibility index (Phi) is 49.9. The largest absolute Gasteiger partial charge is 0.491 e. The molecule has 0 bridgehead atoms. The predicted octanol–water partition coefficient (Wildman–Crippen LogP) is 10.2. The van der Waals surface area contributed by atoms with E-state index in [1.165, 1.54) is 115 Å². The summed E-state index contributed by atoms with van der Waals surface area (Å²) in [5.41, 5.74) is 1.38. The van der Waals surface area contributed by atoms with Crippen molar-refractivity contribution in [1.29, 1.82) is 0 Å². The minimum absolute atomic E-state index is 0.132. The van der Waals surface area contributed by atoms with Gasteiger partial charge < -0.3 is 56.8 Å². The topological polar surface area (TPSA) is 128 Å². The zero-order valence-electron chi connectivity index (χ0n) is 41.5. The number of carbonyl (C=O) groups is 1. The third kappa shape index (κ3) is 48.4. The summed E-state index contributed by atoms with van der Waals surface area (Å²) >= 11 is 0. The fourth-order valence-corrected chi connectivity index (χ4v) is 6.74. The molecule has 382 valence electrons. The summed E-state index contributed by atoms with van der Waals surface area (Å²) in [5.74, 6) is 0.752. The van der Waals surface area contributed by atoms with Crippen molar-refractivity contribution in [1.82, 2.24) is 0 Å². The lowest BCUT2D eigenvalue weighted by Gasteiger charge is -2.09. The van der Waals surface area contributed by atoms with Gasteiger partial charge in [0.05, 0.1) is 132 Å². The van der Waals surface area contributed by atoms with Gasteiger partial charge in [0.15, 0.2) is 0 Å². The molecule has 0 heterocycles. The van der Waals surface area contributed by atoms with Crippen LogP contribution in [0.4, 0.5) is 0 Å². The lowest BCUT2D eigenvalue weighted by atomic mass is 10.0. The molecule has 0 amide bonds. The molecule has 0 fully saturated rings. The molecule has 0 aliphatic heterocycles. The smallest absolute Gasteiger partial charge is 0.305 e. The van der Waals surface area contributed by atoms with Crippen LogP contribution in [0.3, 0.4) is 0 Å². The molecule has 0 N–H and O–H groups in total. The van der Waals surface area contributed by atoms with Crippen molar-refractivity contribution >= 4 is 5.97 Å². The van der Waals surface area contributed by atoms with Crippen molar-refractivity contribution in [3.8, 4) is 5.75 Å². The number of hydrogen-bond donors (Lipinski definition) is 0. The van der Waals surface area contributed by atoms with Gasteiger partial charge in [0.25, 0.3) is 0 Å². The van der Waals surface area contributed by atoms with E-state index >= 15 is 0 Å². The lowest BCUT2D eigenvalue weighted by molar-refractivity contribution is -0.145. The first-order valence-electron chi connectivity index (χ1n) is 25.9. The SMILES string of the molecule is CCCCCCCCCCCCCCCC(=O)OCCOCCOCCOCCOCCOCCOCCOCCOCCOCCOCCOc1ccc(CCCCCCCC)cc1. The summed E-state index contributed by atoms with van der Waals surface area (Å²) in [6.45, 7) is 15.2. The molecule has 0 atom stereocenters. The van der Waals surface area contributed by atoms with E-state index in [0.717, 1.165) is 25.0 Å². The highest BCUT2D eigenvalue weighted by molar-refractivity contribution is 5.69. The normalized spacial score (nSPS) is 11.5. The van der Waals surface area contributed by atoms with Crippen molar-refractivity contribution in [2.24, 2.45) is 0 Å². The molecule has 0 aliphatic carbocycles. The van der Waals surface area contributed by atoms with Crippen molar-refractivity contribution in [2.75, 3.05) is 145 Å². The number of benzene rings is 1. The third-order valence-corrected chi connectivity index (χ3v) is 10.6. The Morgan fingerprint density at radius 1 is 0.323 bits per heavy atom. The number of esters is 1. The Labute approximate surface area is 396 Å². The molecule has 1 rings (SSSR count). The molecule has 0 saturated carbocycles. The second-order valence-corrected chi connectivity index (χ2v) is 16.3. The minimum Gasteiger partial charge on any atom is -0.491 e. The van der Waals surface area contributed by atoms with Gasteiger partial charge >= 0.3 is 5.97 Å². The number of hydrogen-bond acceptors (Lipinski definition) is 13. The summed E-state index contributed by atoms with van der Waals surface area (Å²) in [5, 5.41) is 0. The van der Waals surface area contributed by atoms with Gasteiger partial charge in [0, 0.05) is 6.42 Å². The number of unbranched alkanes of at least 4 members (excludes halogenated alkanes) is 17. The second kappa shape index (κ2) is 53.1. The van der Waals surface area contributed by atoms with Crippen LogP contribution in [0.15, 0.2) is 24.3 Å². The van der Waals surface area contributed by atoms with Crippen LogP contribution < -0.4 is 4.74 Å². The maximum Gasteiger partial charge on any atom is 0.305 e. The molecule has 0 saturated heterocycles. The van der Waals surface area contributed by atoms with E-state index in [2.05, 4.69) is 38.1 Å². The van der Waals surface area contributed by atoms with Gasteiger partial charge in [-0.25, -0.2) is 0 Å².